The third-order valence-corrected chi connectivity index (χ3v) is 4.94. The van der Waals surface area contributed by atoms with Gasteiger partial charge in [0.25, 0.3) is 5.91 Å². The monoisotopic (exact) mass is 443 g/mol. The zero-order valence-electron chi connectivity index (χ0n) is 19.6. The van der Waals surface area contributed by atoms with Gasteiger partial charge in [0.05, 0.1) is 18.8 Å². The number of ether oxygens (including phenoxy) is 1. The molecule has 0 bridgehead atoms. The summed E-state index contributed by atoms with van der Waals surface area (Å²) in [7, 11) is 7.05. The largest absolute Gasteiger partial charge is 0.497 e. The molecule has 0 fully saturated rings. The Balaban J connectivity index is 2.32. The van der Waals surface area contributed by atoms with Crippen LogP contribution in [-0.4, -0.2) is 62.6 Å². The fourth-order valence-electron chi connectivity index (χ4n) is 3.06. The van der Waals surface area contributed by atoms with E-state index in [-0.39, 0.29) is 23.5 Å². The molecule has 0 aliphatic heterocycles. The Hall–Kier alpha value is -3.40. The molecule has 1 atom stereocenters. The van der Waals surface area contributed by atoms with Crippen LogP contribution in [-0.2, 0) is 17.6 Å². The van der Waals surface area contributed by atoms with Crippen LogP contribution in [0, 0.1) is 0 Å². The molecule has 174 valence electrons. The first-order chi connectivity index (χ1) is 15.2. The Morgan fingerprint density at radius 2 is 1.94 bits per heavy atom. The molecule has 2 amide bonds. The first-order valence-corrected chi connectivity index (χ1v) is 10.5. The van der Waals surface area contributed by atoms with Crippen molar-refractivity contribution in [3.8, 4) is 5.75 Å². The number of carbonyl (C=O) groups is 2. The highest BCUT2D eigenvalue weighted by Gasteiger charge is 2.18. The normalized spacial score (nSPS) is 11.6. The molecule has 10 nitrogen and oxygen atoms in total. The van der Waals surface area contributed by atoms with Gasteiger partial charge in [0.15, 0.2) is 17.3 Å². The lowest BCUT2D eigenvalue weighted by Gasteiger charge is -2.19. The van der Waals surface area contributed by atoms with E-state index in [0.717, 1.165) is 5.56 Å². The number of nitrogens with one attached hydrogen (secondary N) is 3. The number of aromatic nitrogens is 2. The van der Waals surface area contributed by atoms with Crippen molar-refractivity contribution in [1.29, 1.82) is 0 Å². The molecule has 2 rings (SSSR count). The highest BCUT2D eigenvalue weighted by Crippen LogP contribution is 2.27. The molecule has 32 heavy (non-hydrogen) atoms. The van der Waals surface area contributed by atoms with Crippen LogP contribution in [0.25, 0.3) is 0 Å². The van der Waals surface area contributed by atoms with Crippen molar-refractivity contribution in [1.82, 2.24) is 20.6 Å². The van der Waals surface area contributed by atoms with E-state index >= 15 is 0 Å². The van der Waals surface area contributed by atoms with Gasteiger partial charge in [-0.1, -0.05) is 6.92 Å². The van der Waals surface area contributed by atoms with Crippen molar-refractivity contribution in [2.75, 3.05) is 45.0 Å². The molecule has 2 aromatic rings. The van der Waals surface area contributed by atoms with Gasteiger partial charge in [-0.05, 0) is 44.5 Å². The Labute approximate surface area is 188 Å². The zero-order chi connectivity index (χ0) is 23.8. The summed E-state index contributed by atoms with van der Waals surface area (Å²) in [6.07, 6.45) is 1.21. The predicted molar refractivity (Wildman–Crippen MR) is 126 cm³/mol. The summed E-state index contributed by atoms with van der Waals surface area (Å²) >= 11 is 0. The molecule has 10 heteroatoms. The lowest BCUT2D eigenvalue weighted by molar-refractivity contribution is -0.122. The van der Waals surface area contributed by atoms with Crippen LogP contribution in [0.3, 0.4) is 0 Å². The summed E-state index contributed by atoms with van der Waals surface area (Å²) < 4.78 is 5.42. The van der Waals surface area contributed by atoms with Gasteiger partial charge < -0.3 is 31.3 Å². The van der Waals surface area contributed by atoms with Gasteiger partial charge in [0.2, 0.25) is 5.91 Å². The average molecular weight is 444 g/mol. The second kappa shape index (κ2) is 11.3. The Kier molecular flexibility index (Phi) is 8.77. The molecule has 0 saturated carbocycles. The number of anilines is 3. The van der Waals surface area contributed by atoms with Crippen LogP contribution >= 0.6 is 0 Å². The lowest BCUT2D eigenvalue weighted by Crippen LogP contribution is -2.41. The van der Waals surface area contributed by atoms with Crippen LogP contribution in [0.1, 0.15) is 35.6 Å². The Morgan fingerprint density at radius 1 is 1.22 bits per heavy atom. The molecule has 0 aliphatic rings. The number of carbonyl (C=O) groups excluding carboxylic acids is 2. The maximum Gasteiger partial charge on any atom is 0.271 e. The van der Waals surface area contributed by atoms with Gasteiger partial charge in [-0.25, -0.2) is 9.97 Å². The number of amides is 2. The third kappa shape index (κ3) is 6.30. The van der Waals surface area contributed by atoms with Crippen LogP contribution in [0.15, 0.2) is 18.2 Å². The van der Waals surface area contributed by atoms with E-state index in [2.05, 4.69) is 25.9 Å². The summed E-state index contributed by atoms with van der Waals surface area (Å²) in [5.41, 5.74) is 7.94. The third-order valence-electron chi connectivity index (χ3n) is 4.94. The highest BCUT2D eigenvalue weighted by molar-refractivity contribution is 5.96. The molecule has 0 aliphatic carbocycles. The Bertz CT molecular complexity index is 963. The molecular formula is C22H33N7O3. The van der Waals surface area contributed by atoms with Crippen molar-refractivity contribution >= 4 is 29.1 Å². The van der Waals surface area contributed by atoms with Gasteiger partial charge in [-0.2, -0.15) is 0 Å². The van der Waals surface area contributed by atoms with E-state index in [4.69, 9.17) is 10.5 Å². The minimum absolute atomic E-state index is 0.0673. The number of nitrogens with zero attached hydrogens (tertiary/aromatic N) is 3. The second-order valence-electron chi connectivity index (χ2n) is 7.55. The average Bonchev–Trinajstić information content (AvgIpc) is 2.77. The minimum Gasteiger partial charge on any atom is -0.497 e. The fraction of sp³-hybridized carbons (Fsp3) is 0.455. The van der Waals surface area contributed by atoms with Gasteiger partial charge in [0, 0.05) is 32.4 Å². The second-order valence-corrected chi connectivity index (χ2v) is 7.55. The van der Waals surface area contributed by atoms with E-state index in [1.54, 1.807) is 27.1 Å². The molecule has 1 aromatic carbocycles. The maximum atomic E-state index is 12.0. The molecule has 0 unspecified atom stereocenters. The number of benzene rings is 1. The van der Waals surface area contributed by atoms with Crippen LogP contribution in [0.5, 0.6) is 5.75 Å². The lowest BCUT2D eigenvalue weighted by atomic mass is 10.1. The van der Waals surface area contributed by atoms with Crippen LogP contribution in [0.4, 0.5) is 17.3 Å². The van der Waals surface area contributed by atoms with E-state index in [9.17, 15) is 9.59 Å². The first kappa shape index (κ1) is 24.9. The molecule has 1 heterocycles. The molecular weight excluding hydrogens is 410 g/mol. The molecule has 5 N–H and O–H groups in total. The number of likely N-dealkylation sites (N-methyl/N-ethyl adjacent to an activating group) is 1. The van der Waals surface area contributed by atoms with Crippen molar-refractivity contribution in [2.24, 2.45) is 5.73 Å². The SMILES string of the molecule is CCc1nc(C(N)=O)c(Nc2cc(CCNC(=O)[C@H](C)NC)cc(OC)c2)nc1N(C)C. The van der Waals surface area contributed by atoms with E-state index in [1.165, 1.54) is 0 Å². The van der Waals surface area contributed by atoms with Gasteiger partial charge in [-0.3, -0.25) is 9.59 Å². The van der Waals surface area contributed by atoms with Gasteiger partial charge >= 0.3 is 0 Å². The predicted octanol–water partition coefficient (Wildman–Crippen LogP) is 1.22. The number of primary amides is 1. The summed E-state index contributed by atoms with van der Waals surface area (Å²) in [5.74, 6) is 0.830. The smallest absolute Gasteiger partial charge is 0.271 e. The number of hydrogen-bond donors (Lipinski definition) is 4. The summed E-state index contributed by atoms with van der Waals surface area (Å²) in [6.45, 7) is 4.21. The van der Waals surface area contributed by atoms with E-state index in [0.29, 0.717) is 42.3 Å². The van der Waals surface area contributed by atoms with E-state index < -0.39 is 5.91 Å². The fourth-order valence-corrected chi connectivity index (χ4v) is 3.06. The van der Waals surface area contributed by atoms with Crippen LogP contribution in [0.2, 0.25) is 0 Å². The highest BCUT2D eigenvalue weighted by atomic mass is 16.5. The molecule has 0 spiro atoms. The number of rotatable bonds is 11. The van der Waals surface area contributed by atoms with Crippen molar-refractivity contribution in [3.63, 3.8) is 0 Å². The maximum absolute atomic E-state index is 12.0. The molecule has 0 saturated heterocycles. The summed E-state index contributed by atoms with van der Waals surface area (Å²) in [5, 5.41) is 8.96. The van der Waals surface area contributed by atoms with Crippen LogP contribution < -0.4 is 31.3 Å². The molecule has 1 aromatic heterocycles. The van der Waals surface area contributed by atoms with Gasteiger partial charge in [-0.15, -0.1) is 0 Å². The number of nitrogens with two attached hydrogens (primary N) is 1. The topological polar surface area (TPSA) is 134 Å². The number of aryl methyl sites for hydroxylation is 1. The zero-order valence-corrected chi connectivity index (χ0v) is 19.6. The van der Waals surface area contributed by atoms with Crippen molar-refractivity contribution in [3.05, 3.63) is 35.2 Å². The van der Waals surface area contributed by atoms with Gasteiger partial charge in [0.1, 0.15) is 5.75 Å². The quantitative estimate of drug-likeness (QED) is 0.407. The summed E-state index contributed by atoms with van der Waals surface area (Å²) in [4.78, 5) is 34.9. The minimum atomic E-state index is -0.663. The van der Waals surface area contributed by atoms with Crippen molar-refractivity contribution in [2.45, 2.75) is 32.7 Å². The van der Waals surface area contributed by atoms with E-state index in [1.807, 2.05) is 38.1 Å². The summed E-state index contributed by atoms with van der Waals surface area (Å²) in [6, 6.07) is 5.33. The van der Waals surface area contributed by atoms with Crippen molar-refractivity contribution < 1.29 is 14.3 Å². The Morgan fingerprint density at radius 3 is 2.50 bits per heavy atom. The number of methoxy groups -OCH3 is 1. The standard InChI is InChI=1S/C22H33N7O3/c1-7-17-21(29(4)5)28-20(18(27-17)19(23)30)26-15-10-14(11-16(12-15)32-6)8-9-25-22(31)13(2)24-3/h10-13,24H,7-9H2,1-6H3,(H2,23,30)(H,25,31)(H,26,28)/t13-/m0/s1. The molecule has 0 radical (unpaired) electrons. The number of hydrogen-bond acceptors (Lipinski definition) is 8. The first-order valence-electron chi connectivity index (χ1n) is 10.5.